The van der Waals surface area contributed by atoms with Gasteiger partial charge in [-0.2, -0.15) is 15.0 Å². The molecule has 0 aromatic carbocycles. The van der Waals surface area contributed by atoms with Crippen molar-refractivity contribution in [3.8, 4) is 0 Å². The number of hydrogen-bond acceptors (Lipinski definition) is 7. The van der Waals surface area contributed by atoms with Gasteiger partial charge in [0.15, 0.2) is 0 Å². The number of rotatable bonds is 8. The Morgan fingerprint density at radius 3 is 2.20 bits per heavy atom. The Labute approximate surface area is 121 Å². The number of nitrogens with one attached hydrogen (secondary N) is 2. The smallest absolute Gasteiger partial charge is 0.231 e. The highest BCUT2D eigenvalue weighted by Crippen LogP contribution is 2.13. The molecule has 0 spiro atoms. The van der Waals surface area contributed by atoms with Gasteiger partial charge in [-0.3, -0.25) is 0 Å². The fourth-order valence-electron chi connectivity index (χ4n) is 1.32. The molecular formula is C13H26N6O. The molecule has 0 atom stereocenters. The lowest BCUT2D eigenvalue weighted by Crippen LogP contribution is -2.32. The Bertz CT molecular complexity index is 421. The van der Waals surface area contributed by atoms with Gasteiger partial charge in [0.2, 0.25) is 17.8 Å². The second-order valence-corrected chi connectivity index (χ2v) is 5.42. The van der Waals surface area contributed by atoms with Crippen molar-refractivity contribution in [1.29, 1.82) is 0 Å². The molecule has 0 unspecified atom stereocenters. The predicted molar refractivity (Wildman–Crippen MR) is 82.5 cm³/mol. The van der Waals surface area contributed by atoms with Gasteiger partial charge in [0.05, 0.1) is 5.60 Å². The maximum absolute atomic E-state index is 5.37. The molecule has 0 aliphatic rings. The SMILES string of the molecule is CCCNc1nc(NCC(C)(C)OC)nc(N(C)C)n1. The minimum atomic E-state index is -0.276. The third-order valence-electron chi connectivity index (χ3n) is 2.78. The Hall–Kier alpha value is -1.63. The first kappa shape index (κ1) is 16.4. The van der Waals surface area contributed by atoms with E-state index < -0.39 is 0 Å². The van der Waals surface area contributed by atoms with Crippen molar-refractivity contribution in [1.82, 2.24) is 15.0 Å². The molecule has 0 radical (unpaired) electrons. The predicted octanol–water partition coefficient (Wildman–Crippen LogP) is 1.60. The minimum absolute atomic E-state index is 0.276. The summed E-state index contributed by atoms with van der Waals surface area (Å²) in [5, 5.41) is 6.38. The average molecular weight is 282 g/mol. The molecule has 1 aromatic heterocycles. The van der Waals surface area contributed by atoms with Crippen molar-refractivity contribution in [2.24, 2.45) is 0 Å². The Morgan fingerprint density at radius 1 is 1.10 bits per heavy atom. The Morgan fingerprint density at radius 2 is 1.70 bits per heavy atom. The summed E-state index contributed by atoms with van der Waals surface area (Å²) in [6.45, 7) is 7.56. The van der Waals surface area contributed by atoms with Crippen LogP contribution < -0.4 is 15.5 Å². The second-order valence-electron chi connectivity index (χ2n) is 5.42. The normalized spacial score (nSPS) is 11.3. The molecule has 2 N–H and O–H groups in total. The molecule has 0 saturated carbocycles. The summed E-state index contributed by atoms with van der Waals surface area (Å²) in [5.74, 6) is 1.76. The zero-order valence-corrected chi connectivity index (χ0v) is 13.3. The highest BCUT2D eigenvalue weighted by molar-refractivity contribution is 5.43. The molecule has 7 heteroatoms. The molecule has 114 valence electrons. The van der Waals surface area contributed by atoms with Crippen LogP contribution in [0.3, 0.4) is 0 Å². The molecule has 0 aliphatic carbocycles. The zero-order chi connectivity index (χ0) is 15.2. The van der Waals surface area contributed by atoms with Gasteiger partial charge in [-0.1, -0.05) is 6.92 Å². The number of nitrogens with zero attached hydrogens (tertiary/aromatic N) is 4. The van der Waals surface area contributed by atoms with Crippen LogP contribution >= 0.6 is 0 Å². The first-order valence-corrected chi connectivity index (χ1v) is 6.84. The average Bonchev–Trinajstić information content (AvgIpc) is 2.43. The first-order valence-electron chi connectivity index (χ1n) is 6.84. The largest absolute Gasteiger partial charge is 0.377 e. The molecule has 0 saturated heterocycles. The zero-order valence-electron chi connectivity index (χ0n) is 13.3. The molecule has 0 amide bonds. The number of hydrogen-bond donors (Lipinski definition) is 2. The van der Waals surface area contributed by atoms with Crippen molar-refractivity contribution in [2.45, 2.75) is 32.8 Å². The van der Waals surface area contributed by atoms with Gasteiger partial charge in [0.25, 0.3) is 0 Å². The van der Waals surface area contributed by atoms with E-state index in [1.165, 1.54) is 0 Å². The van der Waals surface area contributed by atoms with E-state index in [-0.39, 0.29) is 5.60 Å². The molecule has 1 rings (SSSR count). The Kier molecular flexibility index (Phi) is 5.94. The van der Waals surface area contributed by atoms with E-state index in [0.717, 1.165) is 13.0 Å². The molecule has 0 fully saturated rings. The van der Waals surface area contributed by atoms with Crippen molar-refractivity contribution < 1.29 is 4.74 Å². The van der Waals surface area contributed by atoms with Crippen molar-refractivity contribution >= 4 is 17.8 Å². The molecule has 0 aliphatic heterocycles. The van der Waals surface area contributed by atoms with E-state index in [2.05, 4.69) is 32.5 Å². The fraction of sp³-hybridized carbons (Fsp3) is 0.769. The van der Waals surface area contributed by atoms with Crippen LogP contribution in [0.25, 0.3) is 0 Å². The summed E-state index contributed by atoms with van der Waals surface area (Å²) >= 11 is 0. The van der Waals surface area contributed by atoms with Crippen molar-refractivity contribution in [2.75, 3.05) is 49.8 Å². The monoisotopic (exact) mass is 282 g/mol. The lowest BCUT2D eigenvalue weighted by molar-refractivity contribution is 0.0342. The first-order chi connectivity index (χ1) is 9.38. The van der Waals surface area contributed by atoms with Gasteiger partial charge < -0.3 is 20.3 Å². The van der Waals surface area contributed by atoms with Gasteiger partial charge >= 0.3 is 0 Å². The maximum Gasteiger partial charge on any atom is 0.231 e. The number of anilines is 3. The van der Waals surface area contributed by atoms with Crippen LogP contribution in [0.15, 0.2) is 0 Å². The number of aromatic nitrogens is 3. The number of methoxy groups -OCH3 is 1. The van der Waals surface area contributed by atoms with E-state index in [0.29, 0.717) is 24.4 Å². The van der Waals surface area contributed by atoms with Crippen molar-refractivity contribution in [3.63, 3.8) is 0 Å². The van der Waals surface area contributed by atoms with E-state index in [1.54, 1.807) is 7.11 Å². The summed E-state index contributed by atoms with van der Waals surface area (Å²) in [4.78, 5) is 14.9. The molecule has 0 bridgehead atoms. The number of ether oxygens (including phenoxy) is 1. The van der Waals surface area contributed by atoms with Crippen molar-refractivity contribution in [3.05, 3.63) is 0 Å². The Balaban J connectivity index is 2.85. The van der Waals surface area contributed by atoms with Crippen LogP contribution in [0, 0.1) is 0 Å². The highest BCUT2D eigenvalue weighted by Gasteiger charge is 2.17. The fourth-order valence-corrected chi connectivity index (χ4v) is 1.32. The lowest BCUT2D eigenvalue weighted by Gasteiger charge is -2.23. The van der Waals surface area contributed by atoms with Crippen LogP contribution in [-0.4, -0.2) is 54.8 Å². The summed E-state index contributed by atoms with van der Waals surface area (Å²) in [7, 11) is 5.50. The summed E-state index contributed by atoms with van der Waals surface area (Å²) in [6.07, 6.45) is 1.02. The van der Waals surface area contributed by atoms with Crippen LogP contribution in [0.1, 0.15) is 27.2 Å². The topological polar surface area (TPSA) is 75.2 Å². The molecule has 20 heavy (non-hydrogen) atoms. The molecule has 1 aromatic rings. The summed E-state index contributed by atoms with van der Waals surface area (Å²) in [6, 6.07) is 0. The van der Waals surface area contributed by atoms with E-state index in [1.807, 2.05) is 32.8 Å². The summed E-state index contributed by atoms with van der Waals surface area (Å²) < 4.78 is 5.37. The highest BCUT2D eigenvalue weighted by atomic mass is 16.5. The van der Waals surface area contributed by atoms with Gasteiger partial charge in [-0.15, -0.1) is 0 Å². The molecular weight excluding hydrogens is 256 g/mol. The van der Waals surface area contributed by atoms with E-state index in [9.17, 15) is 0 Å². The third kappa shape index (κ3) is 5.16. The van der Waals surface area contributed by atoms with Crippen LogP contribution in [0.5, 0.6) is 0 Å². The van der Waals surface area contributed by atoms with E-state index in [4.69, 9.17) is 4.74 Å². The summed E-state index contributed by atoms with van der Waals surface area (Å²) in [5.41, 5.74) is -0.276. The maximum atomic E-state index is 5.37. The standard InChI is InChI=1S/C13H26N6O/c1-7-8-14-10-16-11(15-9-13(2,3)20-6)18-12(17-10)19(4)5/h7-9H2,1-6H3,(H2,14,15,16,17,18). The van der Waals surface area contributed by atoms with Crippen LogP contribution in [0.4, 0.5) is 17.8 Å². The van der Waals surface area contributed by atoms with Gasteiger partial charge in [0.1, 0.15) is 0 Å². The molecule has 1 heterocycles. The second kappa shape index (κ2) is 7.23. The third-order valence-corrected chi connectivity index (χ3v) is 2.78. The van der Waals surface area contributed by atoms with Gasteiger partial charge in [-0.25, -0.2) is 0 Å². The van der Waals surface area contributed by atoms with Gasteiger partial charge in [0, 0.05) is 34.3 Å². The van der Waals surface area contributed by atoms with Gasteiger partial charge in [-0.05, 0) is 20.3 Å². The lowest BCUT2D eigenvalue weighted by atomic mass is 10.1. The quantitative estimate of drug-likeness (QED) is 0.750. The van der Waals surface area contributed by atoms with Crippen LogP contribution in [0.2, 0.25) is 0 Å². The van der Waals surface area contributed by atoms with E-state index >= 15 is 0 Å². The minimum Gasteiger partial charge on any atom is -0.377 e. The molecule has 7 nitrogen and oxygen atoms in total. The van der Waals surface area contributed by atoms with Crippen LogP contribution in [-0.2, 0) is 4.74 Å².